The normalized spacial score (nSPS) is 15.4. The number of hydrogen-bond acceptors (Lipinski definition) is 3. The molecule has 0 N–H and O–H groups in total. The van der Waals surface area contributed by atoms with Gasteiger partial charge in [0.05, 0.1) is 5.73 Å². The molecule has 84 valence electrons. The lowest BCUT2D eigenvalue weighted by Crippen LogP contribution is -2.47. The smallest absolute Gasteiger partial charge is 0.321 e. The zero-order valence-electron chi connectivity index (χ0n) is 10.3. The first kappa shape index (κ1) is 14.4. The maximum atomic E-state index is 11.2. The Kier molecular flexibility index (Phi) is 5.06. The highest BCUT2D eigenvalue weighted by atomic mass is 28.4. The predicted octanol–water partition coefficient (Wildman–Crippen LogP) is 2.54. The van der Waals surface area contributed by atoms with Crippen LogP contribution in [-0.2, 0) is 13.0 Å². The van der Waals surface area contributed by atoms with Crippen LogP contribution in [0.4, 0.5) is 0 Å². The van der Waals surface area contributed by atoms with Crippen LogP contribution < -0.4 is 0 Å². The van der Waals surface area contributed by atoms with Crippen molar-refractivity contribution in [3.05, 3.63) is 0 Å². The predicted molar refractivity (Wildman–Crippen MR) is 64.8 cm³/mol. The average Bonchev–Trinajstić information content (AvgIpc) is 1.78. The quantitative estimate of drug-likeness (QED) is 0.704. The molecule has 1 atom stereocenters. The van der Waals surface area contributed by atoms with E-state index in [0.717, 1.165) is 0 Å². The van der Waals surface area contributed by atoms with Gasteiger partial charge < -0.3 is 13.0 Å². The summed E-state index contributed by atoms with van der Waals surface area (Å²) < 4.78 is 23.0. The van der Waals surface area contributed by atoms with Gasteiger partial charge in [0.25, 0.3) is 0 Å². The highest BCUT2D eigenvalue weighted by Gasteiger charge is 2.34. The van der Waals surface area contributed by atoms with Gasteiger partial charge in [0, 0.05) is 0 Å². The first-order valence-corrected chi connectivity index (χ1v) is 13.1. The highest BCUT2D eigenvalue weighted by molar-refractivity contribution is 6.81. The second-order valence-electron chi connectivity index (χ2n) is 4.98. The van der Waals surface area contributed by atoms with Crippen molar-refractivity contribution in [3.8, 4) is 0 Å². The van der Waals surface area contributed by atoms with E-state index in [0.29, 0.717) is 0 Å². The minimum atomic E-state index is -2.08. The molecule has 0 aromatic rings. The summed E-state index contributed by atoms with van der Waals surface area (Å²) in [6.07, 6.45) is 0. The number of hydrogen-bond donors (Lipinski definition) is 0. The molecule has 0 bridgehead atoms. The minimum absolute atomic E-state index is 0.155. The fourth-order valence-electron chi connectivity index (χ4n) is 1.27. The van der Waals surface area contributed by atoms with Crippen LogP contribution in [0.2, 0.25) is 39.3 Å². The van der Waals surface area contributed by atoms with Crippen LogP contribution in [0.3, 0.4) is 0 Å². The lowest BCUT2D eigenvalue weighted by Gasteiger charge is -2.32. The van der Waals surface area contributed by atoms with Crippen molar-refractivity contribution in [1.82, 2.24) is 0 Å². The Morgan fingerprint density at radius 1 is 1.14 bits per heavy atom. The summed E-state index contributed by atoms with van der Waals surface area (Å²) in [5.41, 5.74) is -0.155. The van der Waals surface area contributed by atoms with Gasteiger partial charge in [-0.15, -0.1) is 0 Å². The molecule has 0 saturated carbocycles. The Labute approximate surface area is 90.9 Å². The third kappa shape index (κ3) is 6.77. The van der Waals surface area contributed by atoms with Gasteiger partial charge in [-0.25, -0.2) is 0 Å². The van der Waals surface area contributed by atoms with Crippen LogP contribution in [0.25, 0.3) is 0 Å². The van der Waals surface area contributed by atoms with Crippen LogP contribution in [0.1, 0.15) is 6.92 Å². The zero-order chi connectivity index (χ0) is 11.6. The van der Waals surface area contributed by atoms with E-state index in [1.165, 1.54) is 0 Å². The Balaban J connectivity index is 4.27. The summed E-state index contributed by atoms with van der Waals surface area (Å²) in [4.78, 5) is 0. The van der Waals surface area contributed by atoms with Gasteiger partial charge in [0.2, 0.25) is 0 Å². The zero-order valence-corrected chi connectivity index (χ0v) is 13.3. The van der Waals surface area contributed by atoms with E-state index in [4.69, 9.17) is 8.54 Å². The Bertz CT molecular complexity index is 210. The van der Waals surface area contributed by atoms with E-state index in [-0.39, 0.29) is 5.73 Å². The lowest BCUT2D eigenvalue weighted by atomic mass is 10.9. The standard InChI is InChI=1S/C8H22O3Si3/c1-8(12(2)9)10-14(6,7)11-13(3,4)5/h8H,1-7H3. The van der Waals surface area contributed by atoms with E-state index in [1.54, 1.807) is 6.55 Å². The second kappa shape index (κ2) is 4.93. The summed E-state index contributed by atoms with van der Waals surface area (Å²) in [6.45, 7) is 14.1. The summed E-state index contributed by atoms with van der Waals surface area (Å²) >= 11 is 0. The van der Waals surface area contributed by atoms with Crippen LogP contribution >= 0.6 is 0 Å². The second-order valence-corrected chi connectivity index (χ2v) is 15.1. The van der Waals surface area contributed by atoms with Crippen molar-refractivity contribution in [2.75, 3.05) is 0 Å². The van der Waals surface area contributed by atoms with Crippen LogP contribution in [-0.4, -0.2) is 31.3 Å². The molecule has 0 heterocycles. The summed E-state index contributed by atoms with van der Waals surface area (Å²) in [5.74, 6) is 0. The maximum absolute atomic E-state index is 11.2. The molecule has 0 saturated heterocycles. The topological polar surface area (TPSA) is 35.5 Å². The van der Waals surface area contributed by atoms with Crippen molar-refractivity contribution in [2.24, 2.45) is 0 Å². The average molecular weight is 251 g/mol. The van der Waals surface area contributed by atoms with Gasteiger partial charge in [-0.05, 0) is 46.2 Å². The van der Waals surface area contributed by atoms with Gasteiger partial charge in [-0.3, -0.25) is 0 Å². The molecular weight excluding hydrogens is 228 g/mol. The van der Waals surface area contributed by atoms with E-state index in [9.17, 15) is 4.46 Å². The molecule has 6 heteroatoms. The molecule has 0 amide bonds. The molecule has 0 aliphatic heterocycles. The molecule has 1 unspecified atom stereocenters. The molecule has 14 heavy (non-hydrogen) atoms. The van der Waals surface area contributed by atoms with Gasteiger partial charge in [0.1, 0.15) is 0 Å². The van der Waals surface area contributed by atoms with Crippen LogP contribution in [0.5, 0.6) is 0 Å². The Hall–Kier alpha value is 0.371. The van der Waals surface area contributed by atoms with Gasteiger partial charge in [-0.2, -0.15) is 0 Å². The van der Waals surface area contributed by atoms with E-state index < -0.39 is 25.6 Å². The minimum Gasteiger partial charge on any atom is -0.436 e. The molecule has 0 aliphatic rings. The van der Waals surface area contributed by atoms with E-state index in [1.807, 2.05) is 20.0 Å². The van der Waals surface area contributed by atoms with E-state index in [2.05, 4.69) is 19.6 Å². The lowest BCUT2D eigenvalue weighted by molar-refractivity contribution is 0.221. The monoisotopic (exact) mass is 250 g/mol. The fraction of sp³-hybridized carbons (Fsp3) is 1.00. The molecule has 0 spiro atoms. The third-order valence-electron chi connectivity index (χ3n) is 1.59. The van der Waals surface area contributed by atoms with Crippen molar-refractivity contribution in [1.29, 1.82) is 0 Å². The van der Waals surface area contributed by atoms with Crippen LogP contribution in [0.15, 0.2) is 0 Å². The van der Waals surface area contributed by atoms with Gasteiger partial charge in [-0.1, -0.05) is 0 Å². The molecular formula is C8H22O3Si3. The number of rotatable bonds is 5. The van der Waals surface area contributed by atoms with Crippen molar-refractivity contribution in [3.63, 3.8) is 0 Å². The SMILES string of the molecule is CC(O[Si](C)(C)O[Si](C)(C)C)[Si](C)=O. The maximum Gasteiger partial charge on any atom is 0.321 e. The fourth-order valence-corrected chi connectivity index (χ4v) is 9.73. The largest absolute Gasteiger partial charge is 0.436 e. The molecule has 0 radical (unpaired) electrons. The Morgan fingerprint density at radius 2 is 1.57 bits per heavy atom. The highest BCUT2D eigenvalue weighted by Crippen LogP contribution is 2.16. The van der Waals surface area contributed by atoms with E-state index >= 15 is 0 Å². The van der Waals surface area contributed by atoms with Crippen molar-refractivity contribution in [2.45, 2.75) is 51.9 Å². The first-order chi connectivity index (χ1) is 6.03. The molecule has 0 aliphatic carbocycles. The third-order valence-corrected chi connectivity index (χ3v) is 8.42. The van der Waals surface area contributed by atoms with Gasteiger partial charge in [0.15, 0.2) is 8.32 Å². The first-order valence-electron chi connectivity index (χ1n) is 4.92. The molecule has 3 nitrogen and oxygen atoms in total. The summed E-state index contributed by atoms with van der Waals surface area (Å²) in [5, 5.41) is 0. The van der Waals surface area contributed by atoms with Crippen molar-refractivity contribution < 1.29 is 13.0 Å². The molecule has 0 aromatic carbocycles. The summed E-state index contributed by atoms with van der Waals surface area (Å²) in [7, 11) is -5.23. The molecule has 0 rings (SSSR count). The van der Waals surface area contributed by atoms with Gasteiger partial charge >= 0.3 is 17.2 Å². The van der Waals surface area contributed by atoms with Crippen LogP contribution in [0, 0.1) is 0 Å². The summed E-state index contributed by atoms with van der Waals surface area (Å²) in [6, 6.07) is 0. The Morgan fingerprint density at radius 3 is 1.86 bits per heavy atom. The molecule has 0 aromatic heterocycles. The molecule has 0 fully saturated rings. The van der Waals surface area contributed by atoms with Crippen molar-refractivity contribution >= 4 is 25.6 Å².